The minimum absolute atomic E-state index is 0.0507. The molecule has 0 saturated heterocycles. The lowest BCUT2D eigenvalue weighted by Gasteiger charge is -2.12. The lowest BCUT2D eigenvalue weighted by atomic mass is 10.1. The Morgan fingerprint density at radius 1 is 1.47 bits per heavy atom. The van der Waals surface area contributed by atoms with Gasteiger partial charge >= 0.3 is 5.97 Å². The van der Waals surface area contributed by atoms with Crippen molar-refractivity contribution >= 4 is 5.97 Å². The van der Waals surface area contributed by atoms with Crippen molar-refractivity contribution in [1.29, 1.82) is 5.26 Å². The van der Waals surface area contributed by atoms with E-state index in [1.807, 2.05) is 19.9 Å². The normalized spacial score (nSPS) is 11.8. The Kier molecular flexibility index (Phi) is 5.24. The van der Waals surface area contributed by atoms with Gasteiger partial charge in [0.1, 0.15) is 0 Å². The highest BCUT2D eigenvalue weighted by atomic mass is 16.5. The lowest BCUT2D eigenvalue weighted by molar-refractivity contribution is -0.143. The van der Waals surface area contributed by atoms with Gasteiger partial charge in [-0.1, -0.05) is 0 Å². The van der Waals surface area contributed by atoms with Crippen molar-refractivity contribution in [2.45, 2.75) is 39.7 Å². The van der Waals surface area contributed by atoms with Gasteiger partial charge in [0.25, 0.3) is 0 Å². The second kappa shape index (κ2) is 6.69. The minimum atomic E-state index is -1.13. The molecule has 1 aromatic heterocycles. The zero-order valence-electron chi connectivity index (χ0n) is 11.5. The van der Waals surface area contributed by atoms with Crippen LogP contribution >= 0.6 is 0 Å². The van der Waals surface area contributed by atoms with Crippen molar-refractivity contribution in [3.63, 3.8) is 0 Å². The predicted octanol–water partition coefficient (Wildman–Crippen LogP) is 1.74. The average molecular weight is 263 g/mol. The van der Waals surface area contributed by atoms with Gasteiger partial charge in [0, 0.05) is 11.8 Å². The zero-order chi connectivity index (χ0) is 14.4. The highest BCUT2D eigenvalue weighted by molar-refractivity contribution is 5.80. The first-order chi connectivity index (χ1) is 8.97. The fourth-order valence-corrected chi connectivity index (χ4v) is 1.43. The molecule has 0 amide bonds. The van der Waals surface area contributed by atoms with E-state index in [0.29, 0.717) is 11.6 Å². The standard InChI is InChI=1S/C13H17N3O3/c1-5-18-13(17)10(7-14)12-15-9(4)6-11(16-12)19-8(2)3/h6,8,10H,5H2,1-4H3. The molecular weight excluding hydrogens is 246 g/mol. The lowest BCUT2D eigenvalue weighted by Crippen LogP contribution is -2.18. The van der Waals surface area contributed by atoms with Crippen LogP contribution in [0.4, 0.5) is 0 Å². The molecule has 0 aliphatic carbocycles. The highest BCUT2D eigenvalue weighted by Crippen LogP contribution is 2.18. The number of carbonyl (C=O) groups is 1. The smallest absolute Gasteiger partial charge is 0.331 e. The molecule has 0 bridgehead atoms. The van der Waals surface area contributed by atoms with Crippen molar-refractivity contribution in [3.05, 3.63) is 17.6 Å². The van der Waals surface area contributed by atoms with Crippen LogP contribution in [0.5, 0.6) is 5.88 Å². The Morgan fingerprint density at radius 2 is 2.16 bits per heavy atom. The first kappa shape index (κ1) is 14.9. The number of carbonyl (C=O) groups excluding carboxylic acids is 1. The van der Waals surface area contributed by atoms with Crippen molar-refractivity contribution in [2.24, 2.45) is 0 Å². The van der Waals surface area contributed by atoms with Gasteiger partial charge in [-0.3, -0.25) is 4.79 Å². The zero-order valence-corrected chi connectivity index (χ0v) is 11.5. The Balaban J connectivity index is 3.07. The maximum absolute atomic E-state index is 11.7. The number of rotatable bonds is 5. The molecule has 1 heterocycles. The molecule has 1 unspecified atom stereocenters. The largest absolute Gasteiger partial charge is 0.475 e. The Bertz CT molecular complexity index is 494. The first-order valence-corrected chi connectivity index (χ1v) is 6.06. The molecule has 0 radical (unpaired) electrons. The fourth-order valence-electron chi connectivity index (χ4n) is 1.43. The van der Waals surface area contributed by atoms with Crippen molar-refractivity contribution in [3.8, 4) is 11.9 Å². The van der Waals surface area contributed by atoms with Crippen molar-refractivity contribution in [1.82, 2.24) is 9.97 Å². The molecular formula is C13H17N3O3. The first-order valence-electron chi connectivity index (χ1n) is 6.06. The summed E-state index contributed by atoms with van der Waals surface area (Å²) in [6, 6.07) is 3.51. The maximum atomic E-state index is 11.7. The monoisotopic (exact) mass is 263 g/mol. The summed E-state index contributed by atoms with van der Waals surface area (Å²) in [7, 11) is 0. The molecule has 6 heteroatoms. The molecule has 1 rings (SSSR count). The quantitative estimate of drug-likeness (QED) is 0.752. The number of ether oxygens (including phenoxy) is 2. The van der Waals surface area contributed by atoms with E-state index in [1.54, 1.807) is 19.9 Å². The summed E-state index contributed by atoms with van der Waals surface area (Å²) in [5.74, 6) is -1.32. The second-order valence-corrected chi connectivity index (χ2v) is 4.19. The number of hydrogen-bond acceptors (Lipinski definition) is 6. The fraction of sp³-hybridized carbons (Fsp3) is 0.538. The van der Waals surface area contributed by atoms with E-state index < -0.39 is 11.9 Å². The molecule has 1 aromatic rings. The Morgan fingerprint density at radius 3 is 2.68 bits per heavy atom. The third-order valence-corrected chi connectivity index (χ3v) is 2.11. The van der Waals surface area contributed by atoms with Gasteiger partial charge < -0.3 is 9.47 Å². The van der Waals surface area contributed by atoms with Gasteiger partial charge in [0.15, 0.2) is 5.82 Å². The summed E-state index contributed by atoms with van der Waals surface area (Å²) < 4.78 is 10.3. The molecule has 0 fully saturated rings. The van der Waals surface area contributed by atoms with Gasteiger partial charge in [-0.05, 0) is 27.7 Å². The summed E-state index contributed by atoms with van der Waals surface area (Å²) in [5.41, 5.74) is 0.630. The molecule has 0 saturated carbocycles. The summed E-state index contributed by atoms with van der Waals surface area (Å²) in [5, 5.41) is 9.07. The van der Waals surface area contributed by atoms with Crippen LogP contribution in [0.25, 0.3) is 0 Å². The highest BCUT2D eigenvalue weighted by Gasteiger charge is 2.25. The van der Waals surface area contributed by atoms with Gasteiger partial charge in [-0.2, -0.15) is 10.2 Å². The van der Waals surface area contributed by atoms with Gasteiger partial charge in [0.2, 0.25) is 11.8 Å². The van der Waals surface area contributed by atoms with E-state index in [0.717, 1.165) is 0 Å². The number of nitrogens with zero attached hydrogens (tertiary/aromatic N) is 3. The van der Waals surface area contributed by atoms with Crippen LogP contribution in [0.1, 0.15) is 38.2 Å². The molecule has 19 heavy (non-hydrogen) atoms. The summed E-state index contributed by atoms with van der Waals surface area (Å²) in [6.45, 7) is 7.36. The van der Waals surface area contributed by atoms with Gasteiger partial charge in [0.05, 0.1) is 18.8 Å². The molecule has 1 atom stereocenters. The SMILES string of the molecule is CCOC(=O)C(C#N)c1nc(C)cc(OC(C)C)n1. The third kappa shape index (κ3) is 4.21. The van der Waals surface area contributed by atoms with Crippen molar-refractivity contribution < 1.29 is 14.3 Å². The van der Waals surface area contributed by atoms with Crippen LogP contribution in [0.15, 0.2) is 6.07 Å². The molecule has 102 valence electrons. The summed E-state index contributed by atoms with van der Waals surface area (Å²) in [6.07, 6.45) is -0.0507. The number of esters is 1. The maximum Gasteiger partial charge on any atom is 0.331 e. The van der Waals surface area contributed by atoms with E-state index in [4.69, 9.17) is 14.7 Å². The number of aryl methyl sites for hydroxylation is 1. The van der Waals surface area contributed by atoms with Crippen LogP contribution in [0.3, 0.4) is 0 Å². The van der Waals surface area contributed by atoms with Gasteiger partial charge in [-0.15, -0.1) is 0 Å². The third-order valence-electron chi connectivity index (χ3n) is 2.11. The minimum Gasteiger partial charge on any atom is -0.475 e. The number of aromatic nitrogens is 2. The Labute approximate surface area is 112 Å². The molecule has 0 aliphatic rings. The predicted molar refractivity (Wildman–Crippen MR) is 67.5 cm³/mol. The van der Waals surface area contributed by atoms with E-state index >= 15 is 0 Å². The van der Waals surface area contributed by atoms with E-state index in [9.17, 15) is 4.79 Å². The van der Waals surface area contributed by atoms with Crippen LogP contribution in [0, 0.1) is 18.3 Å². The number of hydrogen-bond donors (Lipinski definition) is 0. The summed E-state index contributed by atoms with van der Waals surface area (Å²) in [4.78, 5) is 19.8. The van der Waals surface area contributed by atoms with Crippen LogP contribution in [-0.4, -0.2) is 28.6 Å². The summed E-state index contributed by atoms with van der Waals surface area (Å²) >= 11 is 0. The molecule has 0 N–H and O–H groups in total. The van der Waals surface area contributed by atoms with Crippen LogP contribution < -0.4 is 4.74 Å². The van der Waals surface area contributed by atoms with Gasteiger partial charge in [-0.25, -0.2) is 4.98 Å². The second-order valence-electron chi connectivity index (χ2n) is 4.19. The molecule has 0 aliphatic heterocycles. The van der Waals surface area contributed by atoms with E-state index in [2.05, 4.69) is 9.97 Å². The molecule has 6 nitrogen and oxygen atoms in total. The average Bonchev–Trinajstić information content (AvgIpc) is 2.28. The Hall–Kier alpha value is -2.16. The molecule has 0 spiro atoms. The van der Waals surface area contributed by atoms with Crippen LogP contribution in [0.2, 0.25) is 0 Å². The van der Waals surface area contributed by atoms with Crippen molar-refractivity contribution in [2.75, 3.05) is 6.61 Å². The van der Waals surface area contributed by atoms with E-state index in [-0.39, 0.29) is 18.5 Å². The van der Waals surface area contributed by atoms with E-state index in [1.165, 1.54) is 0 Å². The topological polar surface area (TPSA) is 85.1 Å². The number of nitriles is 1. The van der Waals surface area contributed by atoms with Crippen LogP contribution in [-0.2, 0) is 9.53 Å². The molecule has 0 aromatic carbocycles.